The molecule has 1 amide bonds. The minimum absolute atomic E-state index is 0.00478. The van der Waals surface area contributed by atoms with Crippen LogP contribution in [0.15, 0.2) is 6.33 Å². The fraction of sp³-hybridized carbons (Fsp3) is 0.500. The lowest BCUT2D eigenvalue weighted by Gasteiger charge is -2.15. The fourth-order valence-electron chi connectivity index (χ4n) is 2.42. The Morgan fingerprint density at radius 2 is 2.30 bits per heavy atom. The molecule has 1 aliphatic heterocycles. The number of carbonyl (C=O) groups excluding carboxylic acids is 1. The smallest absolute Gasteiger partial charge is 0.233 e. The van der Waals surface area contributed by atoms with Gasteiger partial charge in [0.2, 0.25) is 11.9 Å². The Morgan fingerprint density at radius 1 is 1.57 bits per heavy atom. The Morgan fingerprint density at radius 3 is 2.91 bits per heavy atom. The van der Waals surface area contributed by atoms with Crippen LogP contribution < -0.4 is 11.1 Å². The van der Waals surface area contributed by atoms with Crippen LogP contribution in [0.4, 0.5) is 16.2 Å². The standard InChI is InChI=1S/C12H15FN6O4/c1-4(21)16-12-17-9(14)7-10(18-12)19(3-15-7)11-6(13)8(22)5(2-20)23-11/h3,5-6,8,11,20,22H,2H2,1H3,(H3,14,16,17,18,21)/t5-,6+,8-,11-/m1/s1. The molecule has 3 heterocycles. The molecule has 23 heavy (non-hydrogen) atoms. The molecule has 4 atom stereocenters. The van der Waals surface area contributed by atoms with Gasteiger partial charge >= 0.3 is 0 Å². The number of aliphatic hydroxyl groups is 2. The highest BCUT2D eigenvalue weighted by atomic mass is 19.1. The Hall–Kier alpha value is -2.37. The van der Waals surface area contributed by atoms with Crippen LogP contribution in [0.5, 0.6) is 0 Å². The highest BCUT2D eigenvalue weighted by Gasteiger charge is 2.45. The zero-order chi connectivity index (χ0) is 16.7. The van der Waals surface area contributed by atoms with E-state index in [1.165, 1.54) is 17.8 Å². The third-order valence-electron chi connectivity index (χ3n) is 3.48. The highest BCUT2D eigenvalue weighted by Crippen LogP contribution is 2.34. The van der Waals surface area contributed by atoms with Crippen LogP contribution in [0.2, 0.25) is 0 Å². The molecule has 1 saturated heterocycles. The maximum atomic E-state index is 14.2. The number of nitrogen functional groups attached to an aromatic ring is 1. The van der Waals surface area contributed by atoms with E-state index in [2.05, 4.69) is 20.3 Å². The molecule has 0 unspecified atom stereocenters. The van der Waals surface area contributed by atoms with Crippen LogP contribution in [0, 0.1) is 0 Å². The summed E-state index contributed by atoms with van der Waals surface area (Å²) in [4.78, 5) is 23.1. The van der Waals surface area contributed by atoms with E-state index in [1.807, 2.05) is 0 Å². The van der Waals surface area contributed by atoms with Crippen molar-refractivity contribution in [3.05, 3.63) is 6.33 Å². The summed E-state index contributed by atoms with van der Waals surface area (Å²) in [6, 6.07) is 0. The summed E-state index contributed by atoms with van der Waals surface area (Å²) in [5, 5.41) is 21.2. The fourth-order valence-corrected chi connectivity index (χ4v) is 2.42. The third kappa shape index (κ3) is 2.58. The number of anilines is 2. The van der Waals surface area contributed by atoms with E-state index < -0.39 is 37.1 Å². The van der Waals surface area contributed by atoms with Crippen molar-refractivity contribution in [1.29, 1.82) is 0 Å². The molecular weight excluding hydrogens is 311 g/mol. The van der Waals surface area contributed by atoms with E-state index in [-0.39, 0.29) is 22.9 Å². The Labute approximate surface area is 129 Å². The zero-order valence-electron chi connectivity index (χ0n) is 12.0. The van der Waals surface area contributed by atoms with Gasteiger partial charge in [0.15, 0.2) is 23.9 Å². The number of nitrogens with one attached hydrogen (secondary N) is 1. The number of alkyl halides is 1. The second-order valence-corrected chi connectivity index (χ2v) is 5.12. The molecule has 1 aliphatic rings. The van der Waals surface area contributed by atoms with Gasteiger partial charge in [0.25, 0.3) is 0 Å². The van der Waals surface area contributed by atoms with Gasteiger partial charge in [-0.2, -0.15) is 9.97 Å². The molecule has 0 aromatic carbocycles. The number of aromatic nitrogens is 4. The van der Waals surface area contributed by atoms with Crippen LogP contribution in [0.3, 0.4) is 0 Å². The minimum Gasteiger partial charge on any atom is -0.394 e. The van der Waals surface area contributed by atoms with Crippen molar-refractivity contribution in [2.75, 3.05) is 17.7 Å². The number of rotatable bonds is 3. The minimum atomic E-state index is -1.79. The SMILES string of the molecule is CC(=O)Nc1nc(N)c2ncn([C@@H]3O[C@H](CO)[C@@H](O)[C@@H]3F)c2n1. The maximum Gasteiger partial charge on any atom is 0.233 e. The molecule has 11 heteroatoms. The van der Waals surface area contributed by atoms with Crippen LogP contribution >= 0.6 is 0 Å². The van der Waals surface area contributed by atoms with Crippen LogP contribution in [0.25, 0.3) is 11.2 Å². The molecule has 0 saturated carbocycles. The number of hydrogen-bond donors (Lipinski definition) is 4. The summed E-state index contributed by atoms with van der Waals surface area (Å²) in [7, 11) is 0. The second-order valence-electron chi connectivity index (χ2n) is 5.12. The summed E-state index contributed by atoms with van der Waals surface area (Å²) in [5.41, 5.74) is 6.10. The number of fused-ring (bicyclic) bond motifs is 1. The first-order valence-corrected chi connectivity index (χ1v) is 6.78. The van der Waals surface area contributed by atoms with E-state index >= 15 is 0 Å². The predicted molar refractivity (Wildman–Crippen MR) is 75.9 cm³/mol. The second kappa shape index (κ2) is 5.68. The maximum absolute atomic E-state index is 14.2. The van der Waals surface area contributed by atoms with Gasteiger partial charge < -0.3 is 20.7 Å². The molecule has 0 radical (unpaired) electrons. The number of imidazole rings is 1. The van der Waals surface area contributed by atoms with Gasteiger partial charge in [0.1, 0.15) is 17.7 Å². The summed E-state index contributed by atoms with van der Waals surface area (Å²) in [6.45, 7) is 0.750. The summed E-state index contributed by atoms with van der Waals surface area (Å²) >= 11 is 0. The van der Waals surface area contributed by atoms with Crippen LogP contribution in [0.1, 0.15) is 13.2 Å². The van der Waals surface area contributed by atoms with Crippen molar-refractivity contribution in [1.82, 2.24) is 19.5 Å². The van der Waals surface area contributed by atoms with Crippen LogP contribution in [-0.4, -0.2) is 60.6 Å². The third-order valence-corrected chi connectivity index (χ3v) is 3.48. The first-order chi connectivity index (χ1) is 10.9. The molecule has 0 aliphatic carbocycles. The largest absolute Gasteiger partial charge is 0.394 e. The topological polar surface area (TPSA) is 148 Å². The van der Waals surface area contributed by atoms with E-state index in [0.717, 1.165) is 0 Å². The monoisotopic (exact) mass is 326 g/mol. The molecule has 2 aromatic rings. The highest BCUT2D eigenvalue weighted by molar-refractivity contribution is 5.89. The molecule has 0 spiro atoms. The molecule has 1 fully saturated rings. The average molecular weight is 326 g/mol. The molecular formula is C12H15FN6O4. The first-order valence-electron chi connectivity index (χ1n) is 6.78. The number of ether oxygens (including phenoxy) is 1. The molecule has 2 aromatic heterocycles. The van der Waals surface area contributed by atoms with Crippen molar-refractivity contribution in [3.8, 4) is 0 Å². The molecule has 0 bridgehead atoms. The van der Waals surface area contributed by atoms with Gasteiger partial charge in [-0.3, -0.25) is 14.7 Å². The van der Waals surface area contributed by atoms with Crippen molar-refractivity contribution >= 4 is 28.8 Å². The number of amides is 1. The summed E-state index contributed by atoms with van der Waals surface area (Å²) in [6.07, 6.45) is -4.30. The van der Waals surface area contributed by atoms with Crippen LogP contribution in [-0.2, 0) is 9.53 Å². The number of aliphatic hydroxyl groups excluding tert-OH is 2. The Bertz CT molecular complexity index is 752. The zero-order valence-corrected chi connectivity index (χ0v) is 12.0. The average Bonchev–Trinajstić information content (AvgIpc) is 3.01. The van der Waals surface area contributed by atoms with E-state index in [0.29, 0.717) is 0 Å². The number of halogens is 1. The van der Waals surface area contributed by atoms with Crippen molar-refractivity contribution in [3.63, 3.8) is 0 Å². The van der Waals surface area contributed by atoms with E-state index in [9.17, 15) is 14.3 Å². The molecule has 3 rings (SSSR count). The summed E-state index contributed by atoms with van der Waals surface area (Å²) in [5.74, 6) is -0.451. The molecule has 124 valence electrons. The van der Waals surface area contributed by atoms with Gasteiger partial charge in [-0.1, -0.05) is 0 Å². The van der Waals surface area contributed by atoms with Gasteiger partial charge in [-0.25, -0.2) is 9.37 Å². The normalized spacial score (nSPS) is 27.5. The van der Waals surface area contributed by atoms with Crippen molar-refractivity contribution in [2.45, 2.75) is 31.5 Å². The lowest BCUT2D eigenvalue weighted by Crippen LogP contribution is -2.30. The number of carbonyl (C=O) groups is 1. The Balaban J connectivity index is 2.05. The van der Waals surface area contributed by atoms with Gasteiger partial charge in [-0.15, -0.1) is 0 Å². The number of nitrogens with zero attached hydrogens (tertiary/aromatic N) is 4. The van der Waals surface area contributed by atoms with Crippen molar-refractivity contribution in [2.24, 2.45) is 0 Å². The lowest BCUT2D eigenvalue weighted by molar-refractivity contribution is -0.114. The van der Waals surface area contributed by atoms with Gasteiger partial charge in [-0.05, 0) is 0 Å². The van der Waals surface area contributed by atoms with E-state index in [1.54, 1.807) is 0 Å². The van der Waals surface area contributed by atoms with Crippen molar-refractivity contribution < 1.29 is 24.1 Å². The Kier molecular flexibility index (Phi) is 3.83. The lowest BCUT2D eigenvalue weighted by atomic mass is 10.1. The predicted octanol–water partition coefficient (Wildman–Crippen LogP) is -1.04. The number of hydrogen-bond acceptors (Lipinski definition) is 8. The van der Waals surface area contributed by atoms with Gasteiger partial charge in [0, 0.05) is 6.92 Å². The van der Waals surface area contributed by atoms with Gasteiger partial charge in [0.05, 0.1) is 12.9 Å². The molecule has 5 N–H and O–H groups in total. The molecule has 10 nitrogen and oxygen atoms in total. The first kappa shape index (κ1) is 15.5. The number of nitrogens with two attached hydrogens (primary N) is 1. The summed E-state index contributed by atoms with van der Waals surface area (Å²) < 4.78 is 20.8. The van der Waals surface area contributed by atoms with E-state index in [4.69, 9.17) is 15.6 Å². The quantitative estimate of drug-likeness (QED) is 0.558.